The minimum Gasteiger partial charge on any atom is -0.481 e. The zero-order valence-corrected chi connectivity index (χ0v) is 13.8. The first-order valence-electron chi connectivity index (χ1n) is 6.35. The van der Waals surface area contributed by atoms with E-state index in [2.05, 4.69) is 32.9 Å². The predicted molar refractivity (Wildman–Crippen MR) is 88.0 cm³/mol. The van der Waals surface area contributed by atoms with Crippen molar-refractivity contribution in [2.75, 3.05) is 13.1 Å². The lowest BCUT2D eigenvalue weighted by atomic mass is 9.92. The molecule has 0 saturated carbocycles. The zero-order chi connectivity index (χ0) is 15.0. The Hall–Kier alpha value is -1.12. The highest BCUT2D eigenvalue weighted by Crippen LogP contribution is 2.37. The summed E-state index contributed by atoms with van der Waals surface area (Å²) >= 11 is 8.36. The van der Waals surface area contributed by atoms with Gasteiger partial charge in [0, 0.05) is 24.7 Å². The molecule has 1 saturated heterocycles. The van der Waals surface area contributed by atoms with E-state index in [4.69, 9.17) is 21.4 Å². The summed E-state index contributed by atoms with van der Waals surface area (Å²) in [5.74, 6) is -0.281. The number of fused-ring (bicyclic) bond motifs is 1. The van der Waals surface area contributed by atoms with Gasteiger partial charge in [0.2, 0.25) is 0 Å². The van der Waals surface area contributed by atoms with Gasteiger partial charge in [0.1, 0.15) is 11.1 Å². The number of aliphatic carboxylic acids is 1. The summed E-state index contributed by atoms with van der Waals surface area (Å²) < 4.78 is 6.90. The van der Waals surface area contributed by atoms with Gasteiger partial charge in [-0.25, -0.2) is 0 Å². The van der Waals surface area contributed by atoms with E-state index < -0.39 is 11.6 Å². The fourth-order valence-corrected chi connectivity index (χ4v) is 3.50. The summed E-state index contributed by atoms with van der Waals surface area (Å²) in [6, 6.07) is 5.49. The molecule has 0 radical (unpaired) electrons. The lowest BCUT2D eigenvalue weighted by Crippen LogP contribution is -2.64. The van der Waals surface area contributed by atoms with Gasteiger partial charge in [0.25, 0.3) is 0 Å². The molecule has 2 heterocycles. The van der Waals surface area contributed by atoms with E-state index in [-0.39, 0.29) is 6.42 Å². The molecule has 7 heteroatoms. The molecule has 0 unspecified atom stereocenters. The molecule has 1 fully saturated rings. The topological polar surface area (TPSA) is 71.5 Å². The van der Waals surface area contributed by atoms with Crippen molar-refractivity contribution in [3.63, 3.8) is 0 Å². The molecular weight excluding hydrogens is 407 g/mol. The van der Waals surface area contributed by atoms with Crippen LogP contribution in [0.15, 0.2) is 24.4 Å². The maximum absolute atomic E-state index is 11.1. The largest absolute Gasteiger partial charge is 0.481 e. The highest BCUT2D eigenvalue weighted by atomic mass is 127. The summed E-state index contributed by atoms with van der Waals surface area (Å²) in [5.41, 5.74) is -0.0598. The second kappa shape index (κ2) is 5.58. The van der Waals surface area contributed by atoms with Crippen molar-refractivity contribution in [2.24, 2.45) is 0 Å². The highest BCUT2D eigenvalue weighted by Gasteiger charge is 2.42. The lowest BCUT2D eigenvalue weighted by molar-refractivity contribution is -0.143. The van der Waals surface area contributed by atoms with Gasteiger partial charge < -0.3 is 15.2 Å². The molecule has 0 atom stereocenters. The van der Waals surface area contributed by atoms with Gasteiger partial charge in [-0.05, 0) is 40.8 Å². The van der Waals surface area contributed by atoms with Crippen LogP contribution in [0, 0.1) is 3.57 Å². The van der Waals surface area contributed by atoms with Gasteiger partial charge in [-0.15, -0.1) is 0 Å². The van der Waals surface area contributed by atoms with Crippen molar-refractivity contribution in [1.29, 1.82) is 0 Å². The number of carboxylic acids is 1. The number of rotatable bonds is 4. The molecule has 110 valence electrons. The maximum Gasteiger partial charge on any atom is 0.307 e. The van der Waals surface area contributed by atoms with Crippen LogP contribution in [0.5, 0.6) is 5.75 Å². The minimum atomic E-state index is -0.877. The van der Waals surface area contributed by atoms with Crippen LogP contribution in [0.3, 0.4) is 0 Å². The standard InChI is InChI=1S/C14H12ClIN2O3/c15-9-4-10(16)13(12-8(9)2-1-3-18-12)21-14(5-11(19)20)6-17-7-14/h1-4,17H,5-7H2,(H,19,20). The fraction of sp³-hybridized carbons (Fsp3) is 0.286. The second-order valence-corrected chi connectivity index (χ2v) is 6.60. The smallest absolute Gasteiger partial charge is 0.307 e. The van der Waals surface area contributed by atoms with Crippen molar-refractivity contribution >= 4 is 51.1 Å². The first kappa shape index (κ1) is 14.8. The van der Waals surface area contributed by atoms with Crippen LogP contribution in [0.1, 0.15) is 6.42 Å². The predicted octanol–water partition coefficient (Wildman–Crippen LogP) is 2.69. The zero-order valence-electron chi connectivity index (χ0n) is 10.9. The van der Waals surface area contributed by atoms with Crippen molar-refractivity contribution < 1.29 is 14.6 Å². The summed E-state index contributed by atoms with van der Waals surface area (Å²) in [7, 11) is 0. The number of nitrogens with zero attached hydrogens (tertiary/aromatic N) is 1. The van der Waals surface area contributed by atoms with Crippen LogP contribution in [0.4, 0.5) is 0 Å². The average molecular weight is 419 g/mol. The molecule has 1 aliphatic heterocycles. The number of halogens is 2. The van der Waals surface area contributed by atoms with Crippen molar-refractivity contribution in [1.82, 2.24) is 10.3 Å². The van der Waals surface area contributed by atoms with E-state index in [0.717, 1.165) is 8.96 Å². The van der Waals surface area contributed by atoms with Crippen LogP contribution in [-0.2, 0) is 4.79 Å². The number of nitrogens with one attached hydrogen (secondary N) is 1. The summed E-state index contributed by atoms with van der Waals surface area (Å²) in [4.78, 5) is 15.4. The molecule has 1 aromatic carbocycles. The first-order chi connectivity index (χ1) is 10.0. The SMILES string of the molecule is O=C(O)CC1(Oc2c(I)cc(Cl)c3cccnc23)CNC1. The van der Waals surface area contributed by atoms with Gasteiger partial charge in [-0.1, -0.05) is 11.6 Å². The van der Waals surface area contributed by atoms with Gasteiger partial charge in [0.15, 0.2) is 5.75 Å². The van der Waals surface area contributed by atoms with Gasteiger partial charge in [-0.3, -0.25) is 9.78 Å². The summed E-state index contributed by atoms with van der Waals surface area (Å²) in [5, 5.41) is 13.5. The Morgan fingerprint density at radius 3 is 2.95 bits per heavy atom. The Kier molecular flexibility index (Phi) is 3.94. The van der Waals surface area contributed by atoms with Crippen molar-refractivity contribution in [3.05, 3.63) is 33.0 Å². The Morgan fingerprint density at radius 1 is 1.57 bits per heavy atom. The molecule has 1 aromatic heterocycles. The molecule has 21 heavy (non-hydrogen) atoms. The number of hydrogen-bond acceptors (Lipinski definition) is 4. The van der Waals surface area contributed by atoms with Crippen LogP contribution in [0.25, 0.3) is 10.9 Å². The summed E-state index contributed by atoms with van der Waals surface area (Å²) in [6.07, 6.45) is 1.62. The van der Waals surface area contributed by atoms with Gasteiger partial charge in [-0.2, -0.15) is 0 Å². The quantitative estimate of drug-likeness (QED) is 0.747. The maximum atomic E-state index is 11.1. The van der Waals surface area contributed by atoms with Crippen LogP contribution in [0.2, 0.25) is 5.02 Å². The molecule has 3 rings (SSSR count). The molecule has 0 bridgehead atoms. The molecule has 5 nitrogen and oxygen atoms in total. The molecule has 2 aromatic rings. The Balaban J connectivity index is 2.06. The van der Waals surface area contributed by atoms with E-state index >= 15 is 0 Å². The van der Waals surface area contributed by atoms with E-state index in [1.807, 2.05) is 18.2 Å². The van der Waals surface area contributed by atoms with Crippen molar-refractivity contribution in [2.45, 2.75) is 12.0 Å². The Bertz CT molecular complexity index is 719. The number of aromatic nitrogens is 1. The fourth-order valence-electron chi connectivity index (χ4n) is 2.37. The Morgan fingerprint density at radius 2 is 2.33 bits per heavy atom. The first-order valence-corrected chi connectivity index (χ1v) is 7.81. The molecule has 2 N–H and O–H groups in total. The number of hydrogen-bond donors (Lipinski definition) is 2. The Labute approximate surface area is 139 Å². The number of pyridine rings is 1. The number of ether oxygens (including phenoxy) is 1. The number of carbonyl (C=O) groups is 1. The second-order valence-electron chi connectivity index (χ2n) is 5.03. The number of benzene rings is 1. The normalized spacial score (nSPS) is 16.5. The van der Waals surface area contributed by atoms with E-state index in [1.165, 1.54) is 0 Å². The third kappa shape index (κ3) is 2.79. The van der Waals surface area contributed by atoms with E-state index in [0.29, 0.717) is 29.4 Å². The molecular formula is C14H12ClIN2O3. The van der Waals surface area contributed by atoms with Crippen molar-refractivity contribution in [3.8, 4) is 5.75 Å². The molecule has 0 spiro atoms. The average Bonchev–Trinajstić information content (AvgIpc) is 2.40. The lowest BCUT2D eigenvalue weighted by Gasteiger charge is -2.41. The van der Waals surface area contributed by atoms with Gasteiger partial charge >= 0.3 is 5.97 Å². The van der Waals surface area contributed by atoms with Crippen LogP contribution >= 0.6 is 34.2 Å². The number of carboxylic acid groups (broad SMARTS) is 1. The van der Waals surface area contributed by atoms with E-state index in [1.54, 1.807) is 6.20 Å². The highest BCUT2D eigenvalue weighted by molar-refractivity contribution is 14.1. The van der Waals surface area contributed by atoms with Crippen LogP contribution in [-0.4, -0.2) is 34.8 Å². The molecule has 0 aliphatic carbocycles. The molecule has 1 aliphatic rings. The van der Waals surface area contributed by atoms with E-state index in [9.17, 15) is 4.79 Å². The summed E-state index contributed by atoms with van der Waals surface area (Å²) in [6.45, 7) is 1.01. The third-order valence-electron chi connectivity index (χ3n) is 3.44. The monoisotopic (exact) mass is 418 g/mol. The van der Waals surface area contributed by atoms with Gasteiger partial charge in [0.05, 0.1) is 15.0 Å². The third-order valence-corrected chi connectivity index (χ3v) is 4.55. The molecule has 0 amide bonds. The minimum absolute atomic E-state index is 0.0486. The van der Waals surface area contributed by atoms with Crippen LogP contribution < -0.4 is 10.1 Å².